The summed E-state index contributed by atoms with van der Waals surface area (Å²) in [4.78, 5) is 27.2. The molecule has 7 heteroatoms. The molecule has 1 atom stereocenters. The molecule has 3 amide bonds. The van der Waals surface area contributed by atoms with E-state index in [0.717, 1.165) is 42.8 Å². The second-order valence-electron chi connectivity index (χ2n) is 8.10. The van der Waals surface area contributed by atoms with Gasteiger partial charge in [-0.1, -0.05) is 12.1 Å². The van der Waals surface area contributed by atoms with Crippen LogP contribution < -0.4 is 15.4 Å². The molecule has 2 N–H and O–H groups in total. The molecule has 0 aromatic heterocycles. The van der Waals surface area contributed by atoms with Crippen LogP contribution >= 0.6 is 0 Å². The first-order valence-electron chi connectivity index (χ1n) is 11.9. The fourth-order valence-corrected chi connectivity index (χ4v) is 3.99. The predicted octanol–water partition coefficient (Wildman–Crippen LogP) is 4.65. The van der Waals surface area contributed by atoms with Crippen molar-refractivity contribution in [3.05, 3.63) is 59.7 Å². The molecule has 3 rings (SSSR count). The van der Waals surface area contributed by atoms with Crippen molar-refractivity contribution >= 4 is 17.6 Å². The van der Waals surface area contributed by atoms with Gasteiger partial charge in [0.2, 0.25) is 0 Å². The molecule has 0 saturated carbocycles. The monoisotopic (exact) mass is 453 g/mol. The van der Waals surface area contributed by atoms with Crippen LogP contribution in [0.1, 0.15) is 54.9 Å². The highest BCUT2D eigenvalue weighted by atomic mass is 16.5. The van der Waals surface area contributed by atoms with E-state index in [1.165, 1.54) is 0 Å². The summed E-state index contributed by atoms with van der Waals surface area (Å²) in [5.41, 5.74) is 2.49. The van der Waals surface area contributed by atoms with Gasteiger partial charge in [-0.15, -0.1) is 0 Å². The Morgan fingerprint density at radius 3 is 2.67 bits per heavy atom. The summed E-state index contributed by atoms with van der Waals surface area (Å²) >= 11 is 0. The van der Waals surface area contributed by atoms with Crippen LogP contribution in [0, 0.1) is 0 Å². The quantitative estimate of drug-likeness (QED) is 0.513. The van der Waals surface area contributed by atoms with Gasteiger partial charge in [-0.2, -0.15) is 0 Å². The van der Waals surface area contributed by atoms with Crippen molar-refractivity contribution in [2.75, 3.05) is 44.8 Å². The highest BCUT2D eigenvalue weighted by molar-refractivity contribution is 5.94. The summed E-state index contributed by atoms with van der Waals surface area (Å²) in [5, 5.41) is 5.93. The summed E-state index contributed by atoms with van der Waals surface area (Å²) in [6.45, 7) is 7.78. The van der Waals surface area contributed by atoms with Gasteiger partial charge in [0.25, 0.3) is 5.91 Å². The maximum absolute atomic E-state index is 12.8. The van der Waals surface area contributed by atoms with Crippen molar-refractivity contribution in [3.8, 4) is 5.75 Å². The molecule has 2 aromatic carbocycles. The number of likely N-dealkylation sites (tertiary alicyclic amines) is 1. The Bertz CT molecular complexity index is 901. The first-order chi connectivity index (χ1) is 16.1. The Morgan fingerprint density at radius 1 is 1.09 bits per heavy atom. The minimum Gasteiger partial charge on any atom is -0.494 e. The minimum atomic E-state index is -0.105. The zero-order chi connectivity index (χ0) is 23.5. The van der Waals surface area contributed by atoms with E-state index in [2.05, 4.69) is 10.6 Å². The Kier molecular flexibility index (Phi) is 9.57. The molecular formula is C26H35N3O4. The maximum Gasteiger partial charge on any atom is 0.321 e. The minimum absolute atomic E-state index is 0.0748. The van der Waals surface area contributed by atoms with Crippen LogP contribution in [0.3, 0.4) is 0 Å². The number of urea groups is 1. The van der Waals surface area contributed by atoms with Crippen LogP contribution in [-0.4, -0.2) is 56.3 Å². The van der Waals surface area contributed by atoms with E-state index in [1.54, 1.807) is 0 Å². The Hall–Kier alpha value is -3.06. The topological polar surface area (TPSA) is 79.9 Å². The largest absolute Gasteiger partial charge is 0.494 e. The third-order valence-electron chi connectivity index (χ3n) is 5.70. The van der Waals surface area contributed by atoms with Crippen molar-refractivity contribution in [1.29, 1.82) is 0 Å². The Balaban J connectivity index is 1.55. The number of amides is 3. The molecule has 0 unspecified atom stereocenters. The molecule has 1 heterocycles. The van der Waals surface area contributed by atoms with Crippen LogP contribution in [0.4, 0.5) is 10.5 Å². The zero-order valence-electron chi connectivity index (χ0n) is 19.6. The van der Waals surface area contributed by atoms with E-state index in [9.17, 15) is 9.59 Å². The van der Waals surface area contributed by atoms with E-state index in [1.807, 2.05) is 67.3 Å². The van der Waals surface area contributed by atoms with Gasteiger partial charge in [0, 0.05) is 50.0 Å². The molecule has 33 heavy (non-hydrogen) atoms. The van der Waals surface area contributed by atoms with E-state index in [0.29, 0.717) is 38.5 Å². The number of ether oxygens (including phenoxy) is 2. The Morgan fingerprint density at radius 2 is 1.91 bits per heavy atom. The van der Waals surface area contributed by atoms with Crippen molar-refractivity contribution in [1.82, 2.24) is 10.2 Å². The maximum atomic E-state index is 12.8. The lowest BCUT2D eigenvalue weighted by Gasteiger charge is -2.33. The fourth-order valence-electron chi connectivity index (χ4n) is 3.99. The number of hydrogen-bond donors (Lipinski definition) is 2. The number of carbonyl (C=O) groups excluding carboxylic acids is 2. The fraction of sp³-hybridized carbons (Fsp3) is 0.462. The summed E-state index contributed by atoms with van der Waals surface area (Å²) in [5.74, 6) is 0.913. The van der Waals surface area contributed by atoms with Gasteiger partial charge < -0.3 is 25.0 Å². The van der Waals surface area contributed by atoms with Crippen molar-refractivity contribution in [3.63, 3.8) is 0 Å². The van der Waals surface area contributed by atoms with Crippen molar-refractivity contribution in [2.24, 2.45) is 0 Å². The van der Waals surface area contributed by atoms with E-state index < -0.39 is 0 Å². The number of anilines is 1. The van der Waals surface area contributed by atoms with Gasteiger partial charge in [-0.3, -0.25) is 4.79 Å². The summed E-state index contributed by atoms with van der Waals surface area (Å²) in [6, 6.07) is 15.1. The number of piperidine rings is 1. The molecule has 0 radical (unpaired) electrons. The van der Waals surface area contributed by atoms with Crippen LogP contribution in [0.2, 0.25) is 0 Å². The normalized spacial score (nSPS) is 15.7. The molecule has 1 fully saturated rings. The lowest BCUT2D eigenvalue weighted by atomic mass is 9.89. The molecule has 1 saturated heterocycles. The van der Waals surface area contributed by atoms with Gasteiger partial charge in [0.15, 0.2) is 0 Å². The van der Waals surface area contributed by atoms with Crippen LogP contribution in [0.15, 0.2) is 48.5 Å². The van der Waals surface area contributed by atoms with Gasteiger partial charge in [0.05, 0.1) is 6.61 Å². The average molecular weight is 454 g/mol. The molecule has 0 bridgehead atoms. The third-order valence-corrected chi connectivity index (χ3v) is 5.70. The highest BCUT2D eigenvalue weighted by Gasteiger charge is 2.25. The second-order valence-corrected chi connectivity index (χ2v) is 8.10. The predicted molar refractivity (Wildman–Crippen MR) is 130 cm³/mol. The van der Waals surface area contributed by atoms with E-state index in [4.69, 9.17) is 9.47 Å². The zero-order valence-corrected chi connectivity index (χ0v) is 19.6. The first-order valence-corrected chi connectivity index (χ1v) is 11.9. The summed E-state index contributed by atoms with van der Waals surface area (Å²) < 4.78 is 10.8. The first kappa shape index (κ1) is 24.6. The number of nitrogens with one attached hydrogen (secondary N) is 2. The van der Waals surface area contributed by atoms with Crippen molar-refractivity contribution < 1.29 is 19.1 Å². The van der Waals surface area contributed by atoms with Crippen molar-refractivity contribution in [2.45, 2.75) is 39.0 Å². The number of benzene rings is 2. The molecule has 1 aliphatic heterocycles. The summed E-state index contributed by atoms with van der Waals surface area (Å²) in [7, 11) is 0. The number of hydrogen-bond acceptors (Lipinski definition) is 4. The van der Waals surface area contributed by atoms with Crippen LogP contribution in [0.5, 0.6) is 5.75 Å². The van der Waals surface area contributed by atoms with Gasteiger partial charge in [-0.05, 0) is 75.1 Å². The second kappa shape index (κ2) is 12.8. The number of nitrogens with zero attached hydrogens (tertiary/aromatic N) is 1. The Labute approximate surface area is 196 Å². The highest BCUT2D eigenvalue weighted by Crippen LogP contribution is 2.28. The van der Waals surface area contributed by atoms with Crippen LogP contribution in [0.25, 0.3) is 0 Å². The third kappa shape index (κ3) is 7.49. The smallest absolute Gasteiger partial charge is 0.321 e. The summed E-state index contributed by atoms with van der Waals surface area (Å²) in [6.07, 6.45) is 2.71. The molecule has 1 aliphatic rings. The van der Waals surface area contributed by atoms with E-state index in [-0.39, 0.29) is 17.9 Å². The van der Waals surface area contributed by atoms with Gasteiger partial charge in [-0.25, -0.2) is 4.79 Å². The average Bonchev–Trinajstić information content (AvgIpc) is 2.85. The SMILES string of the molecule is CCOCCCNC(=O)c1cccc([C@H]2CCCN(C(=O)Nc3ccc(OCC)cc3)C2)c1. The molecule has 2 aromatic rings. The lowest BCUT2D eigenvalue weighted by Crippen LogP contribution is -2.41. The molecule has 0 spiro atoms. The molecule has 7 nitrogen and oxygen atoms in total. The number of rotatable bonds is 10. The lowest BCUT2D eigenvalue weighted by molar-refractivity contribution is 0.0944. The van der Waals surface area contributed by atoms with E-state index >= 15 is 0 Å². The molecular weight excluding hydrogens is 418 g/mol. The standard InChI is InChI=1S/C26H35N3O4/c1-3-32-17-7-15-27-25(30)21-9-5-8-20(18-21)22-10-6-16-29(19-22)26(31)28-23-11-13-24(14-12-23)33-4-2/h5,8-9,11-14,18,22H,3-4,6-7,10,15-17,19H2,1-2H3,(H,27,30)(H,28,31)/t22-/m0/s1. The molecule has 0 aliphatic carbocycles. The molecule has 178 valence electrons. The number of carbonyl (C=O) groups is 2. The van der Waals surface area contributed by atoms with Crippen LogP contribution in [-0.2, 0) is 4.74 Å². The van der Waals surface area contributed by atoms with Gasteiger partial charge in [0.1, 0.15) is 5.75 Å². The van der Waals surface area contributed by atoms with Gasteiger partial charge >= 0.3 is 6.03 Å².